The number of amides is 1. The van der Waals surface area contributed by atoms with Crippen LogP contribution in [0.15, 0.2) is 0 Å². The van der Waals surface area contributed by atoms with Gasteiger partial charge in [0.1, 0.15) is 0 Å². The molecule has 0 radical (unpaired) electrons. The van der Waals surface area contributed by atoms with Gasteiger partial charge in [0.2, 0.25) is 5.91 Å². The fourth-order valence-corrected chi connectivity index (χ4v) is 2.50. The number of aliphatic carboxylic acids is 1. The summed E-state index contributed by atoms with van der Waals surface area (Å²) in [6.07, 6.45) is 3.08. The van der Waals surface area contributed by atoms with Crippen molar-refractivity contribution in [3.05, 3.63) is 0 Å². The van der Waals surface area contributed by atoms with Crippen LogP contribution in [-0.4, -0.2) is 29.1 Å². The quantitative estimate of drug-likeness (QED) is 0.610. The molecule has 1 amide bonds. The second kappa shape index (κ2) is 8.37. The van der Waals surface area contributed by atoms with Gasteiger partial charge in [-0.1, -0.05) is 34.1 Å². The fourth-order valence-electron chi connectivity index (χ4n) is 2.50. The van der Waals surface area contributed by atoms with E-state index in [1.165, 1.54) is 0 Å². The van der Waals surface area contributed by atoms with Gasteiger partial charge >= 0.3 is 5.97 Å². The number of carboxylic acids is 1. The van der Waals surface area contributed by atoms with Crippen molar-refractivity contribution in [2.45, 2.75) is 72.3 Å². The number of hydrogen-bond donors (Lipinski definition) is 3. The Kier molecular flexibility index (Phi) is 7.93. The predicted octanol–water partition coefficient (Wildman–Crippen LogP) is 2.54. The van der Waals surface area contributed by atoms with Crippen LogP contribution in [0.2, 0.25) is 0 Å². The zero-order chi connectivity index (χ0) is 16.7. The Hall–Kier alpha value is -1.10. The highest BCUT2D eigenvalue weighted by Crippen LogP contribution is 2.32. The van der Waals surface area contributed by atoms with Crippen LogP contribution in [0.25, 0.3) is 0 Å². The van der Waals surface area contributed by atoms with Crippen LogP contribution in [-0.2, 0) is 9.59 Å². The van der Waals surface area contributed by atoms with Gasteiger partial charge in [0.15, 0.2) is 0 Å². The molecule has 0 spiro atoms. The third kappa shape index (κ3) is 8.05. The molecule has 0 aliphatic heterocycles. The van der Waals surface area contributed by atoms with Crippen molar-refractivity contribution in [3.8, 4) is 0 Å². The number of nitrogens with two attached hydrogens (primary N) is 1. The third-order valence-corrected chi connectivity index (χ3v) is 4.00. The Labute approximate surface area is 128 Å². The first-order valence-electron chi connectivity index (χ1n) is 7.79. The lowest BCUT2D eigenvalue weighted by atomic mass is 9.76. The maximum Gasteiger partial charge on any atom is 0.303 e. The summed E-state index contributed by atoms with van der Waals surface area (Å²) in [7, 11) is 0. The standard InChI is InChI=1S/C16H32N2O3/c1-6-10-16(5,17)14(21)18-11-9-12(15(2,3)4)7-8-13(19)20/h12H,6-11,17H2,1-5H3,(H,18,21)(H,19,20). The van der Waals surface area contributed by atoms with Crippen molar-refractivity contribution >= 4 is 11.9 Å². The molecule has 2 atom stereocenters. The number of nitrogens with one attached hydrogen (secondary N) is 1. The Morgan fingerprint density at radius 1 is 1.19 bits per heavy atom. The first kappa shape index (κ1) is 19.9. The Morgan fingerprint density at radius 3 is 2.19 bits per heavy atom. The third-order valence-electron chi connectivity index (χ3n) is 4.00. The average molecular weight is 300 g/mol. The lowest BCUT2D eigenvalue weighted by molar-refractivity contribution is -0.137. The molecule has 5 heteroatoms. The van der Waals surface area contributed by atoms with E-state index in [4.69, 9.17) is 10.8 Å². The average Bonchev–Trinajstić information content (AvgIpc) is 2.30. The molecule has 0 aromatic rings. The van der Waals surface area contributed by atoms with Gasteiger partial charge in [-0.05, 0) is 37.5 Å². The van der Waals surface area contributed by atoms with Crippen molar-refractivity contribution < 1.29 is 14.7 Å². The topological polar surface area (TPSA) is 92.4 Å². The molecule has 0 saturated heterocycles. The highest BCUT2D eigenvalue weighted by molar-refractivity contribution is 5.85. The minimum atomic E-state index is -0.826. The minimum Gasteiger partial charge on any atom is -0.481 e. The van der Waals surface area contributed by atoms with Gasteiger partial charge in [-0.3, -0.25) is 9.59 Å². The molecule has 0 aromatic heterocycles. The molecule has 0 aliphatic rings. The van der Waals surface area contributed by atoms with E-state index < -0.39 is 11.5 Å². The Morgan fingerprint density at radius 2 is 1.76 bits per heavy atom. The van der Waals surface area contributed by atoms with Crippen molar-refractivity contribution in [1.29, 1.82) is 0 Å². The van der Waals surface area contributed by atoms with E-state index in [1.807, 2.05) is 6.92 Å². The number of rotatable bonds is 9. The molecule has 0 aromatic carbocycles. The van der Waals surface area contributed by atoms with E-state index in [0.717, 1.165) is 12.8 Å². The highest BCUT2D eigenvalue weighted by Gasteiger charge is 2.28. The molecule has 0 bridgehead atoms. The van der Waals surface area contributed by atoms with E-state index >= 15 is 0 Å². The van der Waals surface area contributed by atoms with Crippen LogP contribution in [0, 0.1) is 11.3 Å². The van der Waals surface area contributed by atoms with Crippen LogP contribution in [0.4, 0.5) is 0 Å². The Balaban J connectivity index is 4.37. The molecule has 0 saturated carbocycles. The summed E-state index contributed by atoms with van der Waals surface area (Å²) in [5, 5.41) is 11.7. The number of carbonyl (C=O) groups excluding carboxylic acids is 1. The van der Waals surface area contributed by atoms with Gasteiger partial charge in [0.25, 0.3) is 0 Å². The van der Waals surface area contributed by atoms with E-state index in [0.29, 0.717) is 19.4 Å². The van der Waals surface area contributed by atoms with Gasteiger partial charge in [-0.15, -0.1) is 0 Å². The summed E-state index contributed by atoms with van der Waals surface area (Å²) >= 11 is 0. The number of hydrogen-bond acceptors (Lipinski definition) is 3. The van der Waals surface area contributed by atoms with E-state index in [2.05, 4.69) is 26.1 Å². The largest absolute Gasteiger partial charge is 0.481 e. The molecule has 4 N–H and O–H groups in total. The van der Waals surface area contributed by atoms with E-state index in [9.17, 15) is 9.59 Å². The maximum atomic E-state index is 12.0. The summed E-state index contributed by atoms with van der Waals surface area (Å²) < 4.78 is 0. The maximum absolute atomic E-state index is 12.0. The SMILES string of the molecule is CCCC(C)(N)C(=O)NCCC(CCC(=O)O)C(C)(C)C. The van der Waals surface area contributed by atoms with Crippen molar-refractivity contribution in [2.75, 3.05) is 6.54 Å². The smallest absolute Gasteiger partial charge is 0.303 e. The summed E-state index contributed by atoms with van der Waals surface area (Å²) in [4.78, 5) is 22.8. The summed E-state index contributed by atoms with van der Waals surface area (Å²) in [6, 6.07) is 0. The molecule has 124 valence electrons. The van der Waals surface area contributed by atoms with E-state index in [-0.39, 0.29) is 23.7 Å². The zero-order valence-electron chi connectivity index (χ0n) is 14.2. The minimum absolute atomic E-state index is 0.0234. The van der Waals surface area contributed by atoms with Gasteiger partial charge in [0, 0.05) is 13.0 Å². The molecule has 5 nitrogen and oxygen atoms in total. The van der Waals surface area contributed by atoms with Gasteiger partial charge in [-0.25, -0.2) is 0 Å². The molecular formula is C16H32N2O3. The van der Waals surface area contributed by atoms with Crippen molar-refractivity contribution in [1.82, 2.24) is 5.32 Å². The summed E-state index contributed by atoms with van der Waals surface area (Å²) in [5.74, 6) is -0.648. The number of carboxylic acid groups (broad SMARTS) is 1. The van der Waals surface area contributed by atoms with Gasteiger partial charge < -0.3 is 16.2 Å². The molecule has 0 fully saturated rings. The molecule has 0 rings (SSSR count). The second-order valence-electron chi connectivity index (χ2n) is 7.21. The monoisotopic (exact) mass is 300 g/mol. The van der Waals surface area contributed by atoms with Crippen LogP contribution in [0.5, 0.6) is 0 Å². The van der Waals surface area contributed by atoms with Crippen LogP contribution in [0.3, 0.4) is 0 Å². The molecule has 0 heterocycles. The normalized spacial score (nSPS) is 16.1. The molecule has 2 unspecified atom stereocenters. The number of carbonyl (C=O) groups is 2. The van der Waals surface area contributed by atoms with Crippen LogP contribution >= 0.6 is 0 Å². The highest BCUT2D eigenvalue weighted by atomic mass is 16.4. The van der Waals surface area contributed by atoms with Crippen LogP contribution < -0.4 is 11.1 Å². The first-order chi connectivity index (χ1) is 9.50. The van der Waals surface area contributed by atoms with Gasteiger partial charge in [0.05, 0.1) is 5.54 Å². The molecular weight excluding hydrogens is 268 g/mol. The lowest BCUT2D eigenvalue weighted by Crippen LogP contribution is -2.51. The van der Waals surface area contributed by atoms with Gasteiger partial charge in [-0.2, -0.15) is 0 Å². The molecule has 21 heavy (non-hydrogen) atoms. The summed E-state index contributed by atoms with van der Waals surface area (Å²) in [6.45, 7) is 10.6. The first-order valence-corrected chi connectivity index (χ1v) is 7.79. The predicted molar refractivity (Wildman–Crippen MR) is 84.9 cm³/mol. The van der Waals surface area contributed by atoms with Crippen LogP contribution in [0.1, 0.15) is 66.7 Å². The second-order valence-corrected chi connectivity index (χ2v) is 7.21. The molecule has 0 aliphatic carbocycles. The summed E-state index contributed by atoms with van der Waals surface area (Å²) in [5.41, 5.74) is 5.18. The van der Waals surface area contributed by atoms with Crippen molar-refractivity contribution in [2.24, 2.45) is 17.1 Å². The Bertz CT molecular complexity index is 346. The van der Waals surface area contributed by atoms with E-state index in [1.54, 1.807) is 6.92 Å². The zero-order valence-corrected chi connectivity index (χ0v) is 14.2. The lowest BCUT2D eigenvalue weighted by Gasteiger charge is -2.31. The van der Waals surface area contributed by atoms with Crippen molar-refractivity contribution in [3.63, 3.8) is 0 Å². The fraction of sp³-hybridized carbons (Fsp3) is 0.875.